The Bertz CT molecular complexity index is 564. The highest BCUT2D eigenvalue weighted by Crippen LogP contribution is 2.22. The minimum Gasteiger partial charge on any atom is -0.207 e. The molecule has 0 N–H and O–H groups in total. The van der Waals surface area contributed by atoms with Gasteiger partial charge in [0.2, 0.25) is 10.0 Å². The van der Waals surface area contributed by atoms with Gasteiger partial charge in [0.15, 0.2) is 0 Å². The van der Waals surface area contributed by atoms with Gasteiger partial charge in [-0.25, -0.2) is 8.42 Å². The van der Waals surface area contributed by atoms with Crippen LogP contribution in [0, 0.1) is 11.3 Å². The minimum absolute atomic E-state index is 0.127. The third-order valence-electron chi connectivity index (χ3n) is 2.52. The number of sulfonamides is 1. The molecule has 98 valence electrons. The van der Waals surface area contributed by atoms with Gasteiger partial charge in [-0.1, -0.05) is 25.4 Å². The number of hydrogen-bond donors (Lipinski definition) is 0. The van der Waals surface area contributed by atoms with Crippen LogP contribution in [0.4, 0.5) is 0 Å². The number of hydrogen-bond acceptors (Lipinski definition) is 3. The summed E-state index contributed by atoms with van der Waals surface area (Å²) in [7, 11) is -3.52. The van der Waals surface area contributed by atoms with Crippen LogP contribution < -0.4 is 0 Å². The number of rotatable bonds is 5. The second-order valence-corrected chi connectivity index (χ2v) is 6.10. The van der Waals surface area contributed by atoms with E-state index in [9.17, 15) is 8.42 Å². The van der Waals surface area contributed by atoms with E-state index in [-0.39, 0.29) is 15.5 Å². The zero-order chi connectivity index (χ0) is 13.8. The fraction of sp³-hybridized carbons (Fsp3) is 0.417. The lowest BCUT2D eigenvalue weighted by atomic mass is 10.2. The van der Waals surface area contributed by atoms with Crippen LogP contribution in [0.25, 0.3) is 0 Å². The first kappa shape index (κ1) is 15.0. The molecule has 0 unspecified atom stereocenters. The normalized spacial score (nSPS) is 11.5. The molecule has 18 heavy (non-hydrogen) atoms. The molecule has 0 radical (unpaired) electrons. The van der Waals surface area contributed by atoms with Crippen LogP contribution in [-0.2, 0) is 10.0 Å². The molecule has 0 atom stereocenters. The molecule has 0 heterocycles. The Morgan fingerprint density at radius 1 is 1.39 bits per heavy atom. The van der Waals surface area contributed by atoms with Gasteiger partial charge in [0, 0.05) is 13.1 Å². The average Bonchev–Trinajstić information content (AvgIpc) is 2.35. The van der Waals surface area contributed by atoms with Gasteiger partial charge in [-0.2, -0.15) is 9.57 Å². The lowest BCUT2D eigenvalue weighted by Gasteiger charge is -2.19. The summed E-state index contributed by atoms with van der Waals surface area (Å²) in [6.45, 7) is 4.59. The van der Waals surface area contributed by atoms with E-state index in [1.807, 2.05) is 13.0 Å². The van der Waals surface area contributed by atoms with Gasteiger partial charge >= 0.3 is 0 Å². The SMILES string of the molecule is CCCN(CC)S(=O)(=O)c1ccc(C#N)c(Cl)c1. The van der Waals surface area contributed by atoms with Crippen molar-refractivity contribution in [2.45, 2.75) is 25.2 Å². The Kier molecular flexibility index (Phi) is 5.15. The van der Waals surface area contributed by atoms with Crippen molar-refractivity contribution in [3.63, 3.8) is 0 Å². The van der Waals surface area contributed by atoms with Gasteiger partial charge in [0.1, 0.15) is 6.07 Å². The fourth-order valence-corrected chi connectivity index (χ4v) is 3.45. The van der Waals surface area contributed by atoms with Crippen molar-refractivity contribution in [2.24, 2.45) is 0 Å². The molecule has 4 nitrogen and oxygen atoms in total. The van der Waals surface area contributed by atoms with Crippen molar-refractivity contribution < 1.29 is 8.42 Å². The molecule has 0 bridgehead atoms. The van der Waals surface area contributed by atoms with Gasteiger partial charge in [0.05, 0.1) is 15.5 Å². The molecule has 0 aliphatic heterocycles. The third-order valence-corrected chi connectivity index (χ3v) is 4.81. The second-order valence-electron chi connectivity index (χ2n) is 3.75. The number of nitriles is 1. The van der Waals surface area contributed by atoms with Crippen molar-refractivity contribution in [1.82, 2.24) is 4.31 Å². The number of benzene rings is 1. The Hall–Kier alpha value is -1.09. The van der Waals surface area contributed by atoms with Crippen molar-refractivity contribution >= 4 is 21.6 Å². The van der Waals surface area contributed by atoms with E-state index in [1.54, 1.807) is 6.92 Å². The highest BCUT2D eigenvalue weighted by atomic mass is 35.5. The van der Waals surface area contributed by atoms with E-state index < -0.39 is 10.0 Å². The summed E-state index contributed by atoms with van der Waals surface area (Å²) in [5, 5.41) is 8.92. The van der Waals surface area contributed by atoms with E-state index in [2.05, 4.69) is 0 Å². The van der Waals surface area contributed by atoms with Crippen molar-refractivity contribution in [1.29, 1.82) is 5.26 Å². The quantitative estimate of drug-likeness (QED) is 0.836. The third kappa shape index (κ3) is 3.02. The minimum atomic E-state index is -3.52. The maximum atomic E-state index is 12.3. The Balaban J connectivity index is 3.21. The standard InChI is InChI=1S/C12H15ClN2O2S/c1-3-7-15(4-2)18(16,17)11-6-5-10(9-14)12(13)8-11/h5-6,8H,3-4,7H2,1-2H3. The molecular weight excluding hydrogens is 272 g/mol. The van der Waals surface area contributed by atoms with Crippen molar-refractivity contribution in [3.05, 3.63) is 28.8 Å². The zero-order valence-electron chi connectivity index (χ0n) is 10.4. The highest BCUT2D eigenvalue weighted by molar-refractivity contribution is 7.89. The highest BCUT2D eigenvalue weighted by Gasteiger charge is 2.22. The van der Waals surface area contributed by atoms with Gasteiger partial charge in [-0.3, -0.25) is 0 Å². The van der Waals surface area contributed by atoms with Crippen LogP contribution in [0.15, 0.2) is 23.1 Å². The van der Waals surface area contributed by atoms with Crippen LogP contribution in [0.2, 0.25) is 5.02 Å². The molecule has 0 amide bonds. The lowest BCUT2D eigenvalue weighted by Crippen LogP contribution is -2.31. The first-order valence-corrected chi connectivity index (χ1v) is 7.49. The molecule has 1 aromatic rings. The van der Waals surface area contributed by atoms with Crippen LogP contribution in [0.1, 0.15) is 25.8 Å². The topological polar surface area (TPSA) is 61.2 Å². The summed E-state index contributed by atoms with van der Waals surface area (Å²) in [4.78, 5) is 0.127. The molecule has 1 aromatic carbocycles. The van der Waals surface area contributed by atoms with Gasteiger partial charge in [-0.05, 0) is 24.6 Å². The van der Waals surface area contributed by atoms with Crippen LogP contribution in [-0.4, -0.2) is 25.8 Å². The Labute approximate surface area is 113 Å². The molecule has 0 fully saturated rings. The van der Waals surface area contributed by atoms with E-state index in [0.717, 1.165) is 6.42 Å². The first-order chi connectivity index (χ1) is 8.47. The molecule has 0 aliphatic carbocycles. The molecule has 0 saturated carbocycles. The maximum absolute atomic E-state index is 12.3. The summed E-state index contributed by atoms with van der Waals surface area (Å²) >= 11 is 5.86. The lowest BCUT2D eigenvalue weighted by molar-refractivity contribution is 0.427. The first-order valence-electron chi connectivity index (χ1n) is 5.67. The summed E-state index contributed by atoms with van der Waals surface area (Å²) in [6, 6.07) is 6.07. The van der Waals surface area contributed by atoms with Crippen molar-refractivity contribution in [2.75, 3.05) is 13.1 Å². The number of nitrogens with zero attached hydrogens (tertiary/aromatic N) is 2. The van der Waals surface area contributed by atoms with E-state index in [4.69, 9.17) is 16.9 Å². The maximum Gasteiger partial charge on any atom is 0.243 e. The molecule has 1 rings (SSSR count). The summed E-state index contributed by atoms with van der Waals surface area (Å²) in [6.07, 6.45) is 0.747. The molecule has 0 spiro atoms. The summed E-state index contributed by atoms with van der Waals surface area (Å²) in [5.41, 5.74) is 0.272. The predicted octanol–water partition coefficient (Wildman–Crippen LogP) is 2.63. The average molecular weight is 287 g/mol. The summed E-state index contributed by atoms with van der Waals surface area (Å²) < 4.78 is 26.0. The van der Waals surface area contributed by atoms with Crippen LogP contribution in [0.5, 0.6) is 0 Å². The van der Waals surface area contributed by atoms with Crippen molar-refractivity contribution in [3.8, 4) is 6.07 Å². The summed E-state index contributed by atoms with van der Waals surface area (Å²) in [5.74, 6) is 0. The second kappa shape index (κ2) is 6.19. The van der Waals surface area contributed by atoms with Crippen LogP contribution in [0.3, 0.4) is 0 Å². The molecule has 0 aromatic heterocycles. The molecular formula is C12H15ClN2O2S. The van der Waals surface area contributed by atoms with E-state index in [0.29, 0.717) is 13.1 Å². The van der Waals surface area contributed by atoms with Gasteiger partial charge in [0.25, 0.3) is 0 Å². The largest absolute Gasteiger partial charge is 0.243 e. The predicted molar refractivity (Wildman–Crippen MR) is 70.9 cm³/mol. The molecule has 0 aliphatic rings. The van der Waals surface area contributed by atoms with Gasteiger partial charge in [-0.15, -0.1) is 0 Å². The smallest absolute Gasteiger partial charge is 0.207 e. The van der Waals surface area contributed by atoms with Crippen LogP contribution >= 0.6 is 11.6 Å². The number of halogens is 1. The van der Waals surface area contributed by atoms with E-state index >= 15 is 0 Å². The Morgan fingerprint density at radius 3 is 2.50 bits per heavy atom. The van der Waals surface area contributed by atoms with E-state index in [1.165, 1.54) is 22.5 Å². The fourth-order valence-electron chi connectivity index (χ4n) is 1.59. The molecule has 0 saturated heterocycles. The monoisotopic (exact) mass is 286 g/mol. The molecule has 6 heteroatoms. The Morgan fingerprint density at radius 2 is 2.06 bits per heavy atom. The zero-order valence-corrected chi connectivity index (χ0v) is 11.9. The van der Waals surface area contributed by atoms with Gasteiger partial charge < -0.3 is 0 Å².